The maximum atomic E-state index is 13.5. The van der Waals surface area contributed by atoms with E-state index in [1.54, 1.807) is 21.9 Å². The van der Waals surface area contributed by atoms with Crippen molar-refractivity contribution in [1.29, 1.82) is 5.26 Å². The number of ether oxygens (including phenoxy) is 1. The van der Waals surface area contributed by atoms with Crippen LogP contribution in [0.4, 0.5) is 14.7 Å². The minimum atomic E-state index is -0.586. The molecule has 1 aromatic carbocycles. The molecular formula is C29H34N6O3S. The largest absolute Gasteiger partial charge is 0.444 e. The number of aryl methyl sites for hydroxylation is 2. The number of nitrogens with one attached hydrogen (secondary N) is 1. The first-order valence-electron chi connectivity index (χ1n) is 12.9. The van der Waals surface area contributed by atoms with Crippen molar-refractivity contribution >= 4 is 28.6 Å². The third-order valence-electron chi connectivity index (χ3n) is 6.25. The van der Waals surface area contributed by atoms with E-state index in [-0.39, 0.29) is 24.2 Å². The number of aromatic nitrogens is 2. The Kier molecular flexibility index (Phi) is 7.93. The van der Waals surface area contributed by atoms with Crippen molar-refractivity contribution in [2.24, 2.45) is 0 Å². The Bertz CT molecular complexity index is 1410. The molecule has 2 aromatic heterocycles. The van der Waals surface area contributed by atoms with E-state index in [1.807, 2.05) is 72.7 Å². The number of pyridine rings is 1. The Hall–Kier alpha value is -3.97. The molecule has 204 valence electrons. The minimum absolute atomic E-state index is 0.224. The summed E-state index contributed by atoms with van der Waals surface area (Å²) >= 11 is 1.38. The second-order valence-corrected chi connectivity index (χ2v) is 11.9. The molecule has 3 amide bonds. The lowest BCUT2D eigenvalue weighted by Gasteiger charge is -2.44. The van der Waals surface area contributed by atoms with Crippen LogP contribution in [0.5, 0.6) is 0 Å². The zero-order chi connectivity index (χ0) is 28.5. The quantitative estimate of drug-likeness (QED) is 0.417. The van der Waals surface area contributed by atoms with Gasteiger partial charge >= 0.3 is 12.1 Å². The predicted molar refractivity (Wildman–Crippen MR) is 153 cm³/mol. The number of rotatable bonds is 3. The number of piperazine rings is 1. The lowest BCUT2D eigenvalue weighted by Crippen LogP contribution is -2.61. The van der Waals surface area contributed by atoms with Crippen molar-refractivity contribution < 1.29 is 14.3 Å². The smallest absolute Gasteiger partial charge is 0.410 e. The van der Waals surface area contributed by atoms with Gasteiger partial charge < -0.3 is 14.5 Å². The molecule has 2 atom stereocenters. The number of nitriles is 1. The van der Waals surface area contributed by atoms with Gasteiger partial charge in [-0.1, -0.05) is 23.5 Å². The fourth-order valence-electron chi connectivity index (χ4n) is 4.82. The maximum Gasteiger partial charge on any atom is 0.410 e. The van der Waals surface area contributed by atoms with Crippen LogP contribution in [0.2, 0.25) is 0 Å². The van der Waals surface area contributed by atoms with Crippen LogP contribution in [-0.2, 0) is 4.74 Å². The van der Waals surface area contributed by atoms with E-state index in [1.165, 1.54) is 11.3 Å². The van der Waals surface area contributed by atoms with Gasteiger partial charge in [0.1, 0.15) is 5.60 Å². The first-order chi connectivity index (χ1) is 18.3. The Balaban J connectivity index is 1.61. The van der Waals surface area contributed by atoms with Crippen molar-refractivity contribution in [3.8, 4) is 27.8 Å². The summed E-state index contributed by atoms with van der Waals surface area (Å²) in [5.41, 5.74) is 4.13. The zero-order valence-corrected chi connectivity index (χ0v) is 24.2. The van der Waals surface area contributed by atoms with Crippen molar-refractivity contribution in [1.82, 2.24) is 19.8 Å². The van der Waals surface area contributed by atoms with E-state index in [9.17, 15) is 14.9 Å². The van der Waals surface area contributed by atoms with Crippen LogP contribution >= 0.6 is 11.3 Å². The fraction of sp³-hybridized carbons (Fsp3) is 0.414. The number of thiazole rings is 1. The molecule has 3 aromatic rings. The number of urea groups is 1. The third-order valence-corrected chi connectivity index (χ3v) is 7.27. The lowest BCUT2D eigenvalue weighted by molar-refractivity contribution is 0.00224. The van der Waals surface area contributed by atoms with Gasteiger partial charge in [-0.15, -0.1) is 0 Å². The summed E-state index contributed by atoms with van der Waals surface area (Å²) in [5.74, 6) is 0. The number of anilines is 1. The van der Waals surface area contributed by atoms with Crippen LogP contribution in [0.25, 0.3) is 21.7 Å². The second-order valence-electron chi connectivity index (χ2n) is 10.9. The highest BCUT2D eigenvalue weighted by molar-refractivity contribution is 7.19. The molecule has 0 unspecified atom stereocenters. The van der Waals surface area contributed by atoms with Gasteiger partial charge in [-0.05, 0) is 78.3 Å². The molecule has 0 bridgehead atoms. The number of amides is 3. The van der Waals surface area contributed by atoms with Crippen LogP contribution in [0, 0.1) is 25.2 Å². The van der Waals surface area contributed by atoms with Crippen molar-refractivity contribution in [2.75, 3.05) is 18.4 Å². The van der Waals surface area contributed by atoms with Gasteiger partial charge in [-0.2, -0.15) is 5.26 Å². The highest BCUT2D eigenvalue weighted by Crippen LogP contribution is 2.40. The SMILES string of the molecule is Cc1cc(-c2sc(NC(=O)N3[C@H](C)CN(C(=O)OC(C)(C)C)C[C@H]3C)nc2-c2cccc(C#N)c2)cc(C)n1. The monoisotopic (exact) mass is 546 g/mol. The summed E-state index contributed by atoms with van der Waals surface area (Å²) < 4.78 is 5.53. The highest BCUT2D eigenvalue weighted by Gasteiger charge is 2.37. The molecule has 0 aliphatic carbocycles. The molecule has 39 heavy (non-hydrogen) atoms. The van der Waals surface area contributed by atoms with Crippen molar-refractivity contribution in [3.63, 3.8) is 0 Å². The lowest BCUT2D eigenvalue weighted by atomic mass is 10.0. The Labute approximate surface area is 233 Å². The van der Waals surface area contributed by atoms with Gasteiger partial charge in [-0.25, -0.2) is 14.6 Å². The molecule has 1 fully saturated rings. The number of nitrogens with zero attached hydrogens (tertiary/aromatic N) is 5. The molecule has 1 aliphatic heterocycles. The number of benzene rings is 1. The molecule has 1 saturated heterocycles. The molecule has 9 nitrogen and oxygen atoms in total. The molecule has 3 heterocycles. The molecule has 0 spiro atoms. The van der Waals surface area contributed by atoms with E-state index >= 15 is 0 Å². The fourth-order valence-corrected chi connectivity index (χ4v) is 5.79. The maximum absolute atomic E-state index is 13.5. The second kappa shape index (κ2) is 11.0. The molecule has 1 aliphatic rings. The first-order valence-corrected chi connectivity index (χ1v) is 13.7. The van der Waals surface area contributed by atoms with E-state index < -0.39 is 5.60 Å². The number of hydrogen-bond acceptors (Lipinski definition) is 7. The number of carbonyl (C=O) groups is 2. The van der Waals surface area contributed by atoms with Gasteiger partial charge in [0.25, 0.3) is 0 Å². The summed E-state index contributed by atoms with van der Waals surface area (Å²) in [7, 11) is 0. The first kappa shape index (κ1) is 28.0. The van der Waals surface area contributed by atoms with Crippen LogP contribution in [-0.4, -0.2) is 62.7 Å². The van der Waals surface area contributed by atoms with E-state index in [0.29, 0.717) is 29.5 Å². The summed E-state index contributed by atoms with van der Waals surface area (Å²) in [6, 6.07) is 12.7. The van der Waals surface area contributed by atoms with E-state index in [0.717, 1.165) is 27.4 Å². The number of carbonyl (C=O) groups excluding carboxylic acids is 2. The Morgan fingerprint density at radius 2 is 1.69 bits per heavy atom. The van der Waals surface area contributed by atoms with Gasteiger partial charge in [0, 0.05) is 42.1 Å². The van der Waals surface area contributed by atoms with Crippen LogP contribution in [0.1, 0.15) is 51.6 Å². The summed E-state index contributed by atoms with van der Waals surface area (Å²) in [6.45, 7) is 14.0. The molecular weight excluding hydrogens is 512 g/mol. The average molecular weight is 547 g/mol. The average Bonchev–Trinajstić information content (AvgIpc) is 3.25. The third kappa shape index (κ3) is 6.55. The molecule has 10 heteroatoms. The normalized spacial score (nSPS) is 17.5. The Morgan fingerprint density at radius 3 is 2.28 bits per heavy atom. The standard InChI is InChI=1S/C29H34N6O3S/c1-17-11-23(12-18(2)31-17)25-24(22-10-8-9-21(13-22)14-30)32-26(39-25)33-27(36)35-19(3)15-34(16-20(35)4)28(37)38-29(5,6)7/h8-13,19-20H,15-16H2,1-7H3,(H,32,33,36)/t19-,20-/m1/s1. The summed E-state index contributed by atoms with van der Waals surface area (Å²) in [6.07, 6.45) is -0.377. The molecule has 0 saturated carbocycles. The Morgan fingerprint density at radius 1 is 1.05 bits per heavy atom. The molecule has 0 radical (unpaired) electrons. The van der Waals surface area contributed by atoms with Gasteiger partial charge in [0.15, 0.2) is 5.13 Å². The highest BCUT2D eigenvalue weighted by atomic mass is 32.1. The summed E-state index contributed by atoms with van der Waals surface area (Å²) in [4.78, 5) is 39.7. The van der Waals surface area contributed by atoms with Gasteiger partial charge in [0.2, 0.25) is 0 Å². The van der Waals surface area contributed by atoms with Crippen LogP contribution in [0.15, 0.2) is 36.4 Å². The minimum Gasteiger partial charge on any atom is -0.444 e. The zero-order valence-electron chi connectivity index (χ0n) is 23.4. The van der Waals surface area contributed by atoms with E-state index in [4.69, 9.17) is 9.72 Å². The van der Waals surface area contributed by atoms with E-state index in [2.05, 4.69) is 16.4 Å². The van der Waals surface area contributed by atoms with Crippen LogP contribution in [0.3, 0.4) is 0 Å². The van der Waals surface area contributed by atoms with Crippen molar-refractivity contribution in [3.05, 3.63) is 53.3 Å². The van der Waals surface area contributed by atoms with Gasteiger partial charge in [0.05, 0.1) is 22.2 Å². The summed E-state index contributed by atoms with van der Waals surface area (Å²) in [5, 5.41) is 12.9. The van der Waals surface area contributed by atoms with Crippen LogP contribution < -0.4 is 5.32 Å². The predicted octanol–water partition coefficient (Wildman–Crippen LogP) is 6.22. The van der Waals surface area contributed by atoms with Crippen molar-refractivity contribution in [2.45, 2.75) is 66.2 Å². The number of hydrogen-bond donors (Lipinski definition) is 1. The topological polar surface area (TPSA) is 111 Å². The van der Waals surface area contributed by atoms with Gasteiger partial charge in [-0.3, -0.25) is 10.3 Å². The molecule has 1 N–H and O–H groups in total. The molecule has 4 rings (SSSR count).